The number of para-hydroxylation sites is 1. The van der Waals surface area contributed by atoms with Crippen LogP contribution in [0.15, 0.2) is 75.8 Å². The van der Waals surface area contributed by atoms with Crippen LogP contribution in [0.3, 0.4) is 0 Å². The van der Waals surface area contributed by atoms with Crippen LogP contribution in [0.1, 0.15) is 26.5 Å². The Morgan fingerprint density at radius 3 is 2.32 bits per heavy atom. The number of hydrogen-bond donors (Lipinski definition) is 1. The fraction of sp³-hybridized carbons (Fsp3) is 0.0526. The van der Waals surface area contributed by atoms with Gasteiger partial charge in [0.05, 0.1) is 0 Å². The molecule has 0 aliphatic carbocycles. The quantitative estimate of drug-likeness (QED) is 0.633. The highest BCUT2D eigenvalue weighted by Gasteiger charge is 2.12. The molecular weight excluding hydrogens is 386 g/mol. The van der Waals surface area contributed by atoms with Crippen LogP contribution in [0.4, 0.5) is 5.69 Å². The fourth-order valence-electron chi connectivity index (χ4n) is 2.12. The molecule has 0 fully saturated rings. The molecule has 3 rings (SSSR count). The molecule has 5 nitrogen and oxygen atoms in total. The van der Waals surface area contributed by atoms with E-state index in [9.17, 15) is 9.59 Å². The standard InChI is InChI=1S/C19H14BrNO4/c20-17-11-10-16(25-17)19(23)24-12-13-6-8-14(9-7-13)18(22)21-15-4-2-1-3-5-15/h1-11H,12H2,(H,21,22). The van der Waals surface area contributed by atoms with E-state index in [2.05, 4.69) is 21.2 Å². The number of amides is 1. The summed E-state index contributed by atoms with van der Waals surface area (Å²) in [4.78, 5) is 24.0. The molecule has 0 radical (unpaired) electrons. The second-order valence-electron chi connectivity index (χ2n) is 5.20. The van der Waals surface area contributed by atoms with Gasteiger partial charge in [-0.25, -0.2) is 4.79 Å². The van der Waals surface area contributed by atoms with E-state index >= 15 is 0 Å². The van der Waals surface area contributed by atoms with Crippen LogP contribution in [-0.2, 0) is 11.3 Å². The van der Waals surface area contributed by atoms with Crippen LogP contribution < -0.4 is 5.32 Å². The Morgan fingerprint density at radius 1 is 0.960 bits per heavy atom. The molecule has 0 aliphatic rings. The summed E-state index contributed by atoms with van der Waals surface area (Å²) in [5, 5.41) is 2.81. The first kappa shape index (κ1) is 17.0. The number of furan rings is 1. The third kappa shape index (κ3) is 4.58. The van der Waals surface area contributed by atoms with E-state index in [0.717, 1.165) is 11.3 Å². The smallest absolute Gasteiger partial charge is 0.374 e. The van der Waals surface area contributed by atoms with Gasteiger partial charge < -0.3 is 14.5 Å². The maximum Gasteiger partial charge on any atom is 0.374 e. The van der Waals surface area contributed by atoms with Gasteiger partial charge in [0.25, 0.3) is 5.91 Å². The molecule has 1 amide bonds. The molecule has 0 spiro atoms. The highest BCUT2D eigenvalue weighted by molar-refractivity contribution is 9.10. The molecule has 1 N–H and O–H groups in total. The van der Waals surface area contributed by atoms with Gasteiger partial charge in [-0.3, -0.25) is 4.79 Å². The Kier molecular flexibility index (Phi) is 5.30. The van der Waals surface area contributed by atoms with Crippen molar-refractivity contribution in [3.8, 4) is 0 Å². The van der Waals surface area contributed by atoms with Crippen molar-refractivity contribution in [3.63, 3.8) is 0 Å². The zero-order valence-electron chi connectivity index (χ0n) is 13.1. The molecule has 0 atom stereocenters. The van der Waals surface area contributed by atoms with Crippen molar-refractivity contribution < 1.29 is 18.7 Å². The number of rotatable bonds is 5. The van der Waals surface area contributed by atoms with E-state index in [1.165, 1.54) is 6.07 Å². The zero-order valence-corrected chi connectivity index (χ0v) is 14.7. The predicted molar refractivity (Wildman–Crippen MR) is 96.4 cm³/mol. The normalized spacial score (nSPS) is 10.3. The van der Waals surface area contributed by atoms with Gasteiger partial charge >= 0.3 is 5.97 Å². The van der Waals surface area contributed by atoms with E-state index in [1.807, 2.05) is 30.3 Å². The van der Waals surface area contributed by atoms with Crippen LogP contribution in [-0.4, -0.2) is 11.9 Å². The second kappa shape index (κ2) is 7.81. The Morgan fingerprint density at radius 2 is 1.68 bits per heavy atom. The molecule has 6 heteroatoms. The lowest BCUT2D eigenvalue weighted by molar-refractivity contribution is 0.0434. The summed E-state index contributed by atoms with van der Waals surface area (Å²) in [5.74, 6) is -0.613. The monoisotopic (exact) mass is 399 g/mol. The Balaban J connectivity index is 1.56. The number of hydrogen-bond acceptors (Lipinski definition) is 4. The number of carbonyl (C=O) groups excluding carboxylic acids is 2. The molecule has 0 bridgehead atoms. The molecule has 0 saturated carbocycles. The summed E-state index contributed by atoms with van der Waals surface area (Å²) < 4.78 is 10.8. The minimum absolute atomic E-state index is 0.0950. The molecule has 3 aromatic rings. The molecule has 0 saturated heterocycles. The van der Waals surface area contributed by atoms with E-state index in [4.69, 9.17) is 9.15 Å². The topological polar surface area (TPSA) is 68.5 Å². The summed E-state index contributed by atoms with van der Waals surface area (Å²) in [6.45, 7) is 0.0950. The van der Waals surface area contributed by atoms with Crippen LogP contribution >= 0.6 is 15.9 Å². The van der Waals surface area contributed by atoms with Crippen molar-refractivity contribution in [2.24, 2.45) is 0 Å². The predicted octanol–water partition coefficient (Wildman–Crippen LogP) is 4.65. The molecule has 1 heterocycles. The van der Waals surface area contributed by atoms with E-state index in [-0.39, 0.29) is 18.3 Å². The highest BCUT2D eigenvalue weighted by Crippen LogP contribution is 2.16. The SMILES string of the molecule is O=C(Nc1ccccc1)c1ccc(COC(=O)c2ccc(Br)o2)cc1. The van der Waals surface area contributed by atoms with Gasteiger partial charge in [-0.2, -0.15) is 0 Å². The first-order chi connectivity index (χ1) is 12.1. The Labute approximate surface area is 152 Å². The third-order valence-corrected chi connectivity index (χ3v) is 3.82. The van der Waals surface area contributed by atoms with Gasteiger partial charge in [0.15, 0.2) is 4.67 Å². The van der Waals surface area contributed by atoms with Gasteiger partial charge in [-0.1, -0.05) is 30.3 Å². The molecule has 0 aliphatic heterocycles. The van der Waals surface area contributed by atoms with Gasteiger partial charge in [-0.15, -0.1) is 0 Å². The largest absolute Gasteiger partial charge is 0.455 e. The van der Waals surface area contributed by atoms with Crippen molar-refractivity contribution >= 4 is 33.5 Å². The lowest BCUT2D eigenvalue weighted by atomic mass is 10.1. The summed E-state index contributed by atoms with van der Waals surface area (Å²) in [6.07, 6.45) is 0. The minimum atomic E-state index is -0.545. The second-order valence-corrected chi connectivity index (χ2v) is 5.98. The van der Waals surface area contributed by atoms with Crippen LogP contribution in [0.5, 0.6) is 0 Å². The van der Waals surface area contributed by atoms with Gasteiger partial charge in [0.1, 0.15) is 6.61 Å². The number of nitrogens with one attached hydrogen (secondary N) is 1. The lowest BCUT2D eigenvalue weighted by Gasteiger charge is -2.07. The summed E-state index contributed by atoms with van der Waals surface area (Å²) in [6, 6.07) is 19.2. The Bertz CT molecular complexity index is 872. The van der Waals surface area contributed by atoms with E-state index < -0.39 is 5.97 Å². The number of benzene rings is 2. The summed E-state index contributed by atoms with van der Waals surface area (Å²) >= 11 is 3.13. The molecule has 1 aromatic heterocycles. The molecule has 25 heavy (non-hydrogen) atoms. The average Bonchev–Trinajstić information content (AvgIpc) is 3.07. The number of carbonyl (C=O) groups is 2. The lowest BCUT2D eigenvalue weighted by Crippen LogP contribution is -2.11. The highest BCUT2D eigenvalue weighted by atomic mass is 79.9. The fourth-order valence-corrected chi connectivity index (χ4v) is 2.43. The summed E-state index contributed by atoms with van der Waals surface area (Å²) in [5.41, 5.74) is 2.03. The first-order valence-corrected chi connectivity index (χ1v) is 8.29. The molecular formula is C19H14BrNO4. The minimum Gasteiger partial charge on any atom is -0.455 e. The van der Waals surface area contributed by atoms with E-state index in [0.29, 0.717) is 10.2 Å². The van der Waals surface area contributed by atoms with Crippen molar-refractivity contribution in [3.05, 3.63) is 88.3 Å². The number of anilines is 1. The van der Waals surface area contributed by atoms with Crippen molar-refractivity contribution in [1.29, 1.82) is 0 Å². The van der Waals surface area contributed by atoms with Gasteiger partial charge in [0.2, 0.25) is 5.76 Å². The maximum atomic E-state index is 12.2. The van der Waals surface area contributed by atoms with Gasteiger partial charge in [-0.05, 0) is 57.9 Å². The number of ether oxygens (including phenoxy) is 1. The number of esters is 1. The van der Waals surface area contributed by atoms with Crippen LogP contribution in [0.25, 0.3) is 0 Å². The van der Waals surface area contributed by atoms with E-state index in [1.54, 1.807) is 30.3 Å². The summed E-state index contributed by atoms with van der Waals surface area (Å²) in [7, 11) is 0. The maximum absolute atomic E-state index is 12.2. The van der Waals surface area contributed by atoms with Crippen molar-refractivity contribution in [1.82, 2.24) is 0 Å². The van der Waals surface area contributed by atoms with Crippen LogP contribution in [0, 0.1) is 0 Å². The van der Waals surface area contributed by atoms with Crippen LogP contribution in [0.2, 0.25) is 0 Å². The van der Waals surface area contributed by atoms with Crippen molar-refractivity contribution in [2.75, 3.05) is 5.32 Å². The van der Waals surface area contributed by atoms with Gasteiger partial charge in [0, 0.05) is 11.3 Å². The molecule has 126 valence electrons. The molecule has 2 aromatic carbocycles. The average molecular weight is 400 g/mol. The first-order valence-electron chi connectivity index (χ1n) is 7.49. The van der Waals surface area contributed by atoms with Crippen molar-refractivity contribution in [2.45, 2.75) is 6.61 Å². The zero-order chi connectivity index (χ0) is 17.6. The number of halogens is 1. The Hall–Kier alpha value is -2.86. The third-order valence-electron chi connectivity index (χ3n) is 3.39. The molecule has 0 unspecified atom stereocenters.